The zero-order chi connectivity index (χ0) is 11.3. The first-order valence-corrected chi connectivity index (χ1v) is 6.16. The van der Waals surface area contributed by atoms with E-state index in [1.54, 1.807) is 0 Å². The van der Waals surface area contributed by atoms with Gasteiger partial charge in [0.2, 0.25) is 5.91 Å². The van der Waals surface area contributed by atoms with E-state index in [0.717, 1.165) is 25.7 Å². The van der Waals surface area contributed by atoms with Crippen LogP contribution in [-0.4, -0.2) is 11.7 Å². The number of primary amides is 1. The van der Waals surface area contributed by atoms with E-state index in [4.69, 9.17) is 5.73 Å². The van der Waals surface area contributed by atoms with Crippen LogP contribution in [0.4, 0.5) is 0 Å². The first kappa shape index (κ1) is 10.1. The van der Waals surface area contributed by atoms with Gasteiger partial charge in [-0.3, -0.25) is 9.59 Å². The van der Waals surface area contributed by atoms with Crippen LogP contribution in [0.2, 0.25) is 0 Å². The molecule has 86 valence electrons. The molecular weight excluding hydrogens is 202 g/mol. The largest absolute Gasteiger partial charge is 0.366 e. The number of carbonyl (C=O) groups excluding carboxylic acids is 2. The van der Waals surface area contributed by atoms with E-state index in [2.05, 4.69) is 0 Å². The highest BCUT2D eigenvalue weighted by molar-refractivity contribution is 5.96. The number of hydrogen-bond donors (Lipinski definition) is 1. The highest BCUT2D eigenvalue weighted by Crippen LogP contribution is 2.59. The summed E-state index contributed by atoms with van der Waals surface area (Å²) in [6.45, 7) is 0. The van der Waals surface area contributed by atoms with Gasteiger partial charge in [-0.05, 0) is 44.4 Å². The van der Waals surface area contributed by atoms with Crippen LogP contribution in [0.5, 0.6) is 0 Å². The van der Waals surface area contributed by atoms with Gasteiger partial charge in [0, 0.05) is 16.9 Å². The van der Waals surface area contributed by atoms with E-state index in [-0.39, 0.29) is 17.2 Å². The van der Waals surface area contributed by atoms with Crippen molar-refractivity contribution >= 4 is 11.7 Å². The van der Waals surface area contributed by atoms with Crippen LogP contribution in [0.15, 0.2) is 11.6 Å². The van der Waals surface area contributed by atoms with E-state index in [1.165, 1.54) is 6.42 Å². The molecule has 3 aliphatic carbocycles. The molecule has 0 heterocycles. The second-order valence-electron chi connectivity index (χ2n) is 5.54. The fraction of sp³-hybridized carbons (Fsp3) is 0.692. The summed E-state index contributed by atoms with van der Waals surface area (Å²) in [5, 5.41) is 0. The summed E-state index contributed by atoms with van der Waals surface area (Å²) >= 11 is 0. The van der Waals surface area contributed by atoms with Gasteiger partial charge in [0.05, 0.1) is 0 Å². The van der Waals surface area contributed by atoms with Crippen molar-refractivity contribution in [1.29, 1.82) is 0 Å². The number of hydrogen-bond acceptors (Lipinski definition) is 2. The number of allylic oxidation sites excluding steroid dienone is 1. The van der Waals surface area contributed by atoms with Crippen molar-refractivity contribution in [2.75, 3.05) is 0 Å². The molecule has 2 saturated carbocycles. The number of Topliss-reactive ketones (excluding diaryl/α,β-unsaturated/α-hetero) is 1. The first-order chi connectivity index (χ1) is 7.63. The molecular formula is C13H17NO2. The maximum Gasteiger partial charge on any atom is 0.244 e. The van der Waals surface area contributed by atoms with Crippen LogP contribution in [0, 0.1) is 17.3 Å². The Hall–Kier alpha value is -1.12. The molecule has 0 aromatic heterocycles. The smallest absolute Gasteiger partial charge is 0.244 e. The van der Waals surface area contributed by atoms with Crippen molar-refractivity contribution in [1.82, 2.24) is 0 Å². The van der Waals surface area contributed by atoms with Crippen molar-refractivity contribution in [3.63, 3.8) is 0 Å². The minimum atomic E-state index is -0.338. The molecule has 3 heteroatoms. The third kappa shape index (κ3) is 1.14. The molecule has 0 aromatic carbocycles. The molecule has 2 fully saturated rings. The van der Waals surface area contributed by atoms with E-state index in [1.807, 2.05) is 6.08 Å². The highest BCUT2D eigenvalue weighted by atomic mass is 16.1. The van der Waals surface area contributed by atoms with Gasteiger partial charge in [0.1, 0.15) is 5.78 Å². The second-order valence-corrected chi connectivity index (χ2v) is 5.54. The molecule has 3 atom stereocenters. The Bertz CT molecular complexity index is 399. The molecule has 0 aromatic rings. The van der Waals surface area contributed by atoms with Crippen LogP contribution in [0.3, 0.4) is 0 Å². The molecule has 16 heavy (non-hydrogen) atoms. The predicted molar refractivity (Wildman–Crippen MR) is 59.4 cm³/mol. The summed E-state index contributed by atoms with van der Waals surface area (Å²) in [5.74, 6) is 0.899. The topological polar surface area (TPSA) is 60.2 Å². The van der Waals surface area contributed by atoms with Crippen molar-refractivity contribution in [2.24, 2.45) is 23.0 Å². The standard InChI is InChI=1S/C13H17NO2/c14-12(16)9-2-1-5-13(7-9)10-4-3-8(6-10)11(13)15/h2,8,10H,1,3-7H2,(H2,14,16)/t8-,10+,13-/m1/s1. The summed E-state index contributed by atoms with van der Waals surface area (Å²) in [5.41, 5.74) is 5.82. The number of amides is 1. The van der Waals surface area contributed by atoms with Gasteiger partial charge in [-0.2, -0.15) is 0 Å². The van der Waals surface area contributed by atoms with Gasteiger partial charge in [-0.15, -0.1) is 0 Å². The average molecular weight is 219 g/mol. The Morgan fingerprint density at radius 2 is 2.25 bits per heavy atom. The monoisotopic (exact) mass is 219 g/mol. The maximum atomic E-state index is 12.3. The van der Waals surface area contributed by atoms with Crippen LogP contribution in [0.25, 0.3) is 0 Å². The van der Waals surface area contributed by atoms with Crippen LogP contribution < -0.4 is 5.73 Å². The first-order valence-electron chi connectivity index (χ1n) is 6.16. The molecule has 3 aliphatic rings. The Labute approximate surface area is 95.1 Å². The Morgan fingerprint density at radius 1 is 1.44 bits per heavy atom. The number of fused-ring (bicyclic) bond motifs is 3. The van der Waals surface area contributed by atoms with E-state index in [9.17, 15) is 9.59 Å². The van der Waals surface area contributed by atoms with E-state index in [0.29, 0.717) is 23.7 Å². The van der Waals surface area contributed by atoms with Crippen LogP contribution in [0.1, 0.15) is 38.5 Å². The third-order valence-corrected chi connectivity index (χ3v) is 4.88. The second kappa shape index (κ2) is 3.19. The van der Waals surface area contributed by atoms with Gasteiger partial charge < -0.3 is 5.73 Å². The molecule has 1 amide bonds. The zero-order valence-corrected chi connectivity index (χ0v) is 9.37. The Morgan fingerprint density at radius 3 is 2.88 bits per heavy atom. The lowest BCUT2D eigenvalue weighted by Crippen LogP contribution is -2.40. The molecule has 0 unspecified atom stereocenters. The van der Waals surface area contributed by atoms with Crippen LogP contribution in [-0.2, 0) is 9.59 Å². The summed E-state index contributed by atoms with van der Waals surface area (Å²) in [7, 11) is 0. The van der Waals surface area contributed by atoms with Crippen LogP contribution >= 0.6 is 0 Å². The maximum absolute atomic E-state index is 12.3. The van der Waals surface area contributed by atoms with Crippen molar-refractivity contribution < 1.29 is 9.59 Å². The predicted octanol–water partition coefficient (Wildman–Crippen LogP) is 1.57. The van der Waals surface area contributed by atoms with Crippen molar-refractivity contribution in [3.8, 4) is 0 Å². The fourth-order valence-electron chi connectivity index (χ4n) is 4.08. The molecule has 2 bridgehead atoms. The minimum absolute atomic E-state index is 0.206. The van der Waals surface area contributed by atoms with Crippen molar-refractivity contribution in [2.45, 2.75) is 38.5 Å². The third-order valence-electron chi connectivity index (χ3n) is 4.88. The quantitative estimate of drug-likeness (QED) is 0.727. The lowest BCUT2D eigenvalue weighted by molar-refractivity contribution is -0.133. The number of nitrogens with two attached hydrogens (primary N) is 1. The SMILES string of the molecule is NC(=O)C1=CCC[C@]2(C1)C(=O)[C@@H]1CC[C@H]2C1. The van der Waals surface area contributed by atoms with Gasteiger partial charge >= 0.3 is 0 Å². The summed E-state index contributed by atoms with van der Waals surface area (Å²) in [4.78, 5) is 23.6. The lowest BCUT2D eigenvalue weighted by atomic mass is 9.63. The minimum Gasteiger partial charge on any atom is -0.366 e. The molecule has 0 saturated heterocycles. The normalized spacial score (nSPS) is 41.5. The summed E-state index contributed by atoms with van der Waals surface area (Å²) in [6.07, 6.45) is 7.61. The lowest BCUT2D eigenvalue weighted by Gasteiger charge is -2.38. The molecule has 2 N–H and O–H groups in total. The highest BCUT2D eigenvalue weighted by Gasteiger charge is 2.58. The van der Waals surface area contributed by atoms with Gasteiger partial charge in [-0.1, -0.05) is 6.08 Å². The molecule has 1 spiro atoms. The molecule has 3 nitrogen and oxygen atoms in total. The number of carbonyl (C=O) groups is 2. The Kier molecular flexibility index (Phi) is 2.00. The average Bonchev–Trinajstić information content (AvgIpc) is 2.84. The van der Waals surface area contributed by atoms with Gasteiger partial charge in [-0.25, -0.2) is 0 Å². The zero-order valence-electron chi connectivity index (χ0n) is 9.37. The van der Waals surface area contributed by atoms with Gasteiger partial charge in [0.15, 0.2) is 0 Å². The number of rotatable bonds is 1. The Balaban J connectivity index is 1.93. The van der Waals surface area contributed by atoms with E-state index >= 15 is 0 Å². The van der Waals surface area contributed by atoms with E-state index < -0.39 is 0 Å². The molecule has 0 radical (unpaired) electrons. The number of ketones is 1. The summed E-state index contributed by atoms with van der Waals surface area (Å²) < 4.78 is 0. The van der Waals surface area contributed by atoms with Crippen molar-refractivity contribution in [3.05, 3.63) is 11.6 Å². The van der Waals surface area contributed by atoms with Gasteiger partial charge in [0.25, 0.3) is 0 Å². The molecule has 3 rings (SSSR count). The fourth-order valence-corrected chi connectivity index (χ4v) is 4.08. The summed E-state index contributed by atoms with van der Waals surface area (Å²) in [6, 6.07) is 0. The molecule has 0 aliphatic heterocycles.